The Morgan fingerprint density at radius 1 is 1.19 bits per heavy atom. The van der Waals surface area contributed by atoms with E-state index in [-0.39, 0.29) is 16.3 Å². The number of pyridine rings is 1. The fraction of sp³-hybridized carbons (Fsp3) is 0.0625. The van der Waals surface area contributed by atoms with Gasteiger partial charge in [0.05, 0.1) is 16.3 Å². The van der Waals surface area contributed by atoms with Crippen molar-refractivity contribution in [1.29, 1.82) is 0 Å². The van der Waals surface area contributed by atoms with Crippen molar-refractivity contribution in [2.24, 2.45) is 0 Å². The smallest absolute Gasteiger partial charge is 0.276 e. The summed E-state index contributed by atoms with van der Waals surface area (Å²) in [6.45, 7) is 1.80. The second-order valence-electron chi connectivity index (χ2n) is 5.24. The largest absolute Gasteiger partial charge is 0.296 e. The maximum atomic E-state index is 13.0. The van der Waals surface area contributed by atoms with Gasteiger partial charge in [-0.3, -0.25) is 19.8 Å². The van der Waals surface area contributed by atoms with E-state index in [4.69, 9.17) is 0 Å². The summed E-state index contributed by atoms with van der Waals surface area (Å²) < 4.78 is 39.9. The van der Waals surface area contributed by atoms with Crippen LogP contribution in [-0.4, -0.2) is 24.3 Å². The number of aryl methyl sites for hydroxylation is 1. The summed E-state index contributed by atoms with van der Waals surface area (Å²) >= 11 is 1.27. The molecule has 1 aromatic carbocycles. The summed E-state index contributed by atoms with van der Waals surface area (Å²) in [5.41, 5.74) is 0.959. The molecule has 3 rings (SSSR count). The van der Waals surface area contributed by atoms with Crippen LogP contribution in [0.4, 0.5) is 15.2 Å². The highest BCUT2D eigenvalue weighted by Crippen LogP contribution is 2.18. The average molecular weight is 392 g/mol. The highest BCUT2D eigenvalue weighted by atomic mass is 32.2. The molecule has 0 atom stereocenters. The number of nitrogens with one attached hydrogen (secondary N) is 2. The lowest BCUT2D eigenvalue weighted by atomic mass is 10.3. The van der Waals surface area contributed by atoms with Gasteiger partial charge in [-0.25, -0.2) is 17.8 Å². The normalized spacial score (nSPS) is 11.2. The first-order valence-corrected chi connectivity index (χ1v) is 9.68. The highest BCUT2D eigenvalue weighted by Gasteiger charge is 2.16. The standard InChI is InChI=1S/C16H13FN4O3S2/c1-10-9-25-16(19-10)20-15(22)14-8-12(6-7-18-14)21-26(23,24)13-4-2-11(17)3-5-13/h2-9H,1H3,(H,18,21)(H,19,20,22). The molecule has 0 aliphatic rings. The second kappa shape index (κ2) is 7.18. The molecule has 26 heavy (non-hydrogen) atoms. The maximum Gasteiger partial charge on any atom is 0.276 e. The van der Waals surface area contributed by atoms with Gasteiger partial charge in [0.25, 0.3) is 15.9 Å². The second-order valence-corrected chi connectivity index (χ2v) is 7.78. The molecule has 0 aliphatic carbocycles. The maximum absolute atomic E-state index is 13.0. The SMILES string of the molecule is Cc1csc(NC(=O)c2cc(NS(=O)(=O)c3ccc(F)cc3)ccn2)n1. The lowest BCUT2D eigenvalue weighted by Gasteiger charge is -2.09. The predicted octanol–water partition coefficient (Wildman–Crippen LogP) is 3.04. The molecule has 3 aromatic rings. The molecular formula is C16H13FN4O3S2. The first-order chi connectivity index (χ1) is 12.3. The Balaban J connectivity index is 1.78. The predicted molar refractivity (Wildman–Crippen MR) is 96.2 cm³/mol. The molecule has 2 N–H and O–H groups in total. The van der Waals surface area contributed by atoms with Crippen LogP contribution in [0.15, 0.2) is 52.9 Å². The Kier molecular flexibility index (Phi) is 4.96. The summed E-state index contributed by atoms with van der Waals surface area (Å²) in [5.74, 6) is -1.05. The Hall–Kier alpha value is -2.85. The summed E-state index contributed by atoms with van der Waals surface area (Å²) in [5, 5.41) is 4.80. The van der Waals surface area contributed by atoms with Gasteiger partial charge in [-0.1, -0.05) is 0 Å². The van der Waals surface area contributed by atoms with E-state index in [0.717, 1.165) is 30.0 Å². The molecule has 10 heteroatoms. The van der Waals surface area contributed by atoms with Crippen LogP contribution in [0.5, 0.6) is 0 Å². The number of sulfonamides is 1. The summed E-state index contributed by atoms with van der Waals surface area (Å²) in [6.07, 6.45) is 1.31. The number of nitrogens with zero attached hydrogens (tertiary/aromatic N) is 2. The average Bonchev–Trinajstić information content (AvgIpc) is 3.00. The number of halogens is 1. The van der Waals surface area contributed by atoms with Gasteiger partial charge in [0.2, 0.25) is 0 Å². The lowest BCUT2D eigenvalue weighted by Crippen LogP contribution is -2.16. The molecule has 0 saturated heterocycles. The molecule has 0 radical (unpaired) electrons. The number of amides is 1. The van der Waals surface area contributed by atoms with Gasteiger partial charge in [0.15, 0.2) is 5.13 Å². The van der Waals surface area contributed by atoms with Gasteiger partial charge in [-0.15, -0.1) is 11.3 Å². The fourth-order valence-corrected chi connectivity index (χ4v) is 3.75. The molecular weight excluding hydrogens is 379 g/mol. The van der Waals surface area contributed by atoms with E-state index >= 15 is 0 Å². The molecule has 2 heterocycles. The minimum Gasteiger partial charge on any atom is -0.296 e. The highest BCUT2D eigenvalue weighted by molar-refractivity contribution is 7.92. The van der Waals surface area contributed by atoms with Crippen molar-refractivity contribution in [3.63, 3.8) is 0 Å². The third kappa shape index (κ3) is 4.21. The van der Waals surface area contributed by atoms with E-state index in [1.807, 2.05) is 0 Å². The van der Waals surface area contributed by atoms with Crippen molar-refractivity contribution in [2.75, 3.05) is 10.0 Å². The Labute approximate surface area is 153 Å². The summed E-state index contributed by atoms with van der Waals surface area (Å²) in [4.78, 5) is 20.2. The van der Waals surface area contributed by atoms with Gasteiger partial charge in [0, 0.05) is 11.6 Å². The monoisotopic (exact) mass is 392 g/mol. The topological polar surface area (TPSA) is 101 Å². The summed E-state index contributed by atoms with van der Waals surface area (Å²) in [6, 6.07) is 7.11. The molecule has 0 spiro atoms. The van der Waals surface area contributed by atoms with Gasteiger partial charge >= 0.3 is 0 Å². The lowest BCUT2D eigenvalue weighted by molar-refractivity contribution is 0.102. The number of carbonyl (C=O) groups excluding carboxylic acids is 1. The van der Waals surface area contributed by atoms with Crippen molar-refractivity contribution >= 4 is 38.1 Å². The van der Waals surface area contributed by atoms with Crippen LogP contribution < -0.4 is 10.0 Å². The molecule has 1 amide bonds. The number of aromatic nitrogens is 2. The number of anilines is 2. The first kappa shape index (κ1) is 18.0. The van der Waals surface area contributed by atoms with E-state index in [1.54, 1.807) is 12.3 Å². The first-order valence-electron chi connectivity index (χ1n) is 7.31. The third-order valence-corrected chi connectivity index (χ3v) is 5.48. The minimum atomic E-state index is -3.91. The number of rotatable bonds is 5. The molecule has 0 saturated carbocycles. The van der Waals surface area contributed by atoms with E-state index < -0.39 is 21.7 Å². The van der Waals surface area contributed by atoms with Gasteiger partial charge < -0.3 is 0 Å². The van der Waals surface area contributed by atoms with E-state index in [9.17, 15) is 17.6 Å². The zero-order chi connectivity index (χ0) is 18.7. The van der Waals surface area contributed by atoms with Crippen molar-refractivity contribution < 1.29 is 17.6 Å². The Morgan fingerprint density at radius 2 is 1.92 bits per heavy atom. The van der Waals surface area contributed by atoms with Crippen LogP contribution >= 0.6 is 11.3 Å². The molecule has 7 nitrogen and oxygen atoms in total. The van der Waals surface area contributed by atoms with Crippen molar-refractivity contribution in [2.45, 2.75) is 11.8 Å². The van der Waals surface area contributed by atoms with Crippen molar-refractivity contribution in [1.82, 2.24) is 9.97 Å². The summed E-state index contributed by atoms with van der Waals surface area (Å²) in [7, 11) is -3.91. The van der Waals surface area contributed by atoms with Crippen LogP contribution in [-0.2, 0) is 10.0 Å². The zero-order valence-electron chi connectivity index (χ0n) is 13.4. The molecule has 2 aromatic heterocycles. The van der Waals surface area contributed by atoms with E-state index in [2.05, 4.69) is 20.0 Å². The van der Waals surface area contributed by atoms with E-state index in [0.29, 0.717) is 5.13 Å². The fourth-order valence-electron chi connectivity index (χ4n) is 2.02. The van der Waals surface area contributed by atoms with Gasteiger partial charge in [-0.05, 0) is 43.3 Å². The number of thiazole rings is 1. The van der Waals surface area contributed by atoms with Crippen LogP contribution in [0.3, 0.4) is 0 Å². The molecule has 0 bridgehead atoms. The van der Waals surface area contributed by atoms with Crippen LogP contribution in [0.25, 0.3) is 0 Å². The number of benzene rings is 1. The van der Waals surface area contributed by atoms with Crippen LogP contribution in [0.2, 0.25) is 0 Å². The quantitative estimate of drug-likeness (QED) is 0.695. The molecule has 0 fully saturated rings. The van der Waals surface area contributed by atoms with E-state index in [1.165, 1.54) is 29.7 Å². The number of hydrogen-bond acceptors (Lipinski definition) is 6. The minimum absolute atomic E-state index is 0.0251. The number of hydrogen-bond donors (Lipinski definition) is 2. The Morgan fingerprint density at radius 3 is 2.58 bits per heavy atom. The molecule has 0 unspecified atom stereocenters. The zero-order valence-corrected chi connectivity index (χ0v) is 15.1. The molecule has 134 valence electrons. The number of carbonyl (C=O) groups is 1. The van der Waals surface area contributed by atoms with Crippen LogP contribution in [0.1, 0.15) is 16.2 Å². The van der Waals surface area contributed by atoms with Crippen molar-refractivity contribution in [3.8, 4) is 0 Å². The third-order valence-electron chi connectivity index (χ3n) is 3.21. The van der Waals surface area contributed by atoms with Gasteiger partial charge in [-0.2, -0.15) is 0 Å². The van der Waals surface area contributed by atoms with Crippen molar-refractivity contribution in [3.05, 3.63) is 65.2 Å². The van der Waals surface area contributed by atoms with Crippen LogP contribution in [0, 0.1) is 12.7 Å². The molecule has 0 aliphatic heterocycles. The van der Waals surface area contributed by atoms with Gasteiger partial charge in [0.1, 0.15) is 11.5 Å². The Bertz CT molecular complexity index is 1050.